The molecular formula is C13H18ClN3S. The lowest BCUT2D eigenvalue weighted by Crippen LogP contribution is -2.29. The zero-order valence-electron chi connectivity index (χ0n) is 10.5. The van der Waals surface area contributed by atoms with Crippen LogP contribution in [0.4, 0.5) is 5.69 Å². The number of nitrogens with two attached hydrogens (primary N) is 1. The third-order valence-electron chi connectivity index (χ3n) is 3.29. The van der Waals surface area contributed by atoms with Crippen LogP contribution in [0, 0.1) is 0 Å². The summed E-state index contributed by atoms with van der Waals surface area (Å²) in [6.07, 6.45) is 1.16. The van der Waals surface area contributed by atoms with Crippen molar-refractivity contribution in [1.82, 2.24) is 4.90 Å². The van der Waals surface area contributed by atoms with Crippen molar-refractivity contribution in [2.75, 3.05) is 38.1 Å². The van der Waals surface area contributed by atoms with Crippen molar-refractivity contribution in [2.45, 2.75) is 6.42 Å². The van der Waals surface area contributed by atoms with Gasteiger partial charge < -0.3 is 15.5 Å². The molecule has 0 aromatic heterocycles. The molecule has 1 aliphatic rings. The van der Waals surface area contributed by atoms with Crippen molar-refractivity contribution >= 4 is 34.5 Å². The molecule has 3 nitrogen and oxygen atoms in total. The van der Waals surface area contributed by atoms with Gasteiger partial charge in [0.2, 0.25) is 0 Å². The molecule has 2 N–H and O–H groups in total. The predicted molar refractivity (Wildman–Crippen MR) is 81.7 cm³/mol. The summed E-state index contributed by atoms with van der Waals surface area (Å²) in [5.74, 6) is 0. The quantitative estimate of drug-likeness (QED) is 0.843. The number of hydrogen-bond acceptors (Lipinski definition) is 3. The number of thiocarbonyl (C=S) groups is 1. The fourth-order valence-corrected chi connectivity index (χ4v) is 2.63. The van der Waals surface area contributed by atoms with E-state index >= 15 is 0 Å². The van der Waals surface area contributed by atoms with Gasteiger partial charge in [-0.15, -0.1) is 0 Å². The predicted octanol–water partition coefficient (Wildman–Crippen LogP) is 2.12. The Bertz CT molecular complexity index is 450. The van der Waals surface area contributed by atoms with Crippen LogP contribution < -0.4 is 10.6 Å². The Kier molecular flexibility index (Phi) is 4.43. The van der Waals surface area contributed by atoms with Gasteiger partial charge in [0.1, 0.15) is 4.99 Å². The van der Waals surface area contributed by atoms with E-state index in [2.05, 4.69) is 16.8 Å². The van der Waals surface area contributed by atoms with Gasteiger partial charge in [0.15, 0.2) is 0 Å². The van der Waals surface area contributed by atoms with E-state index in [-0.39, 0.29) is 0 Å². The van der Waals surface area contributed by atoms with Crippen LogP contribution >= 0.6 is 23.8 Å². The zero-order valence-corrected chi connectivity index (χ0v) is 12.1. The molecule has 18 heavy (non-hydrogen) atoms. The minimum Gasteiger partial charge on any atom is -0.389 e. The van der Waals surface area contributed by atoms with Crippen LogP contribution in [0.5, 0.6) is 0 Å². The molecule has 1 aromatic rings. The van der Waals surface area contributed by atoms with Gasteiger partial charge in [-0.1, -0.05) is 23.8 Å². The molecule has 1 fully saturated rings. The van der Waals surface area contributed by atoms with Gasteiger partial charge in [-0.3, -0.25) is 0 Å². The lowest BCUT2D eigenvalue weighted by Gasteiger charge is -2.24. The first-order chi connectivity index (χ1) is 8.58. The molecule has 5 heteroatoms. The molecule has 1 aromatic carbocycles. The Morgan fingerprint density at radius 3 is 2.72 bits per heavy atom. The second-order valence-corrected chi connectivity index (χ2v) is 5.52. The summed E-state index contributed by atoms with van der Waals surface area (Å²) in [7, 11) is 2.15. The van der Waals surface area contributed by atoms with Gasteiger partial charge in [0.05, 0.1) is 10.7 Å². The molecule has 1 aliphatic heterocycles. The Balaban J connectivity index is 2.20. The molecule has 1 saturated heterocycles. The van der Waals surface area contributed by atoms with Gasteiger partial charge in [-0.2, -0.15) is 0 Å². The van der Waals surface area contributed by atoms with Crippen molar-refractivity contribution in [1.29, 1.82) is 0 Å². The van der Waals surface area contributed by atoms with E-state index < -0.39 is 0 Å². The number of benzene rings is 1. The Hall–Kier alpha value is -0.840. The largest absolute Gasteiger partial charge is 0.389 e. The van der Waals surface area contributed by atoms with Crippen molar-refractivity contribution in [3.05, 3.63) is 28.8 Å². The van der Waals surface area contributed by atoms with Crippen LogP contribution in [0.1, 0.15) is 12.0 Å². The summed E-state index contributed by atoms with van der Waals surface area (Å²) in [5, 5.41) is 0.727. The minimum atomic E-state index is 0.388. The van der Waals surface area contributed by atoms with E-state index in [1.165, 1.54) is 0 Å². The fourth-order valence-electron chi connectivity index (χ4n) is 2.20. The van der Waals surface area contributed by atoms with Crippen LogP contribution in [0.3, 0.4) is 0 Å². The molecule has 0 amide bonds. The summed E-state index contributed by atoms with van der Waals surface area (Å²) in [5.41, 5.74) is 7.51. The fraction of sp³-hybridized carbons (Fsp3) is 0.462. The highest BCUT2D eigenvalue weighted by molar-refractivity contribution is 7.80. The van der Waals surface area contributed by atoms with Crippen LogP contribution in [0.2, 0.25) is 5.02 Å². The van der Waals surface area contributed by atoms with E-state index in [0.29, 0.717) is 4.99 Å². The van der Waals surface area contributed by atoms with E-state index in [9.17, 15) is 0 Å². The van der Waals surface area contributed by atoms with E-state index in [4.69, 9.17) is 29.6 Å². The third-order valence-corrected chi connectivity index (χ3v) is 3.83. The van der Waals surface area contributed by atoms with Crippen molar-refractivity contribution in [3.63, 3.8) is 0 Å². The maximum absolute atomic E-state index is 6.33. The molecular weight excluding hydrogens is 266 g/mol. The standard InChI is InChI=1S/C13H18ClN3S/c1-16-5-2-6-17(8-7-16)12-4-3-10(13(15)18)9-11(12)14/h3-4,9H,2,5-8H2,1H3,(H2,15,18). The van der Waals surface area contributed by atoms with E-state index in [1.54, 1.807) is 0 Å². The molecule has 2 rings (SSSR count). The lowest BCUT2D eigenvalue weighted by molar-refractivity contribution is 0.360. The van der Waals surface area contributed by atoms with E-state index in [0.717, 1.165) is 48.9 Å². The highest BCUT2D eigenvalue weighted by atomic mass is 35.5. The SMILES string of the molecule is CN1CCCN(c2ccc(C(N)=S)cc2Cl)CC1. The monoisotopic (exact) mass is 283 g/mol. The first-order valence-corrected chi connectivity index (χ1v) is 6.89. The van der Waals surface area contributed by atoms with Gasteiger partial charge in [0, 0.05) is 25.2 Å². The van der Waals surface area contributed by atoms with Crippen LogP contribution in [-0.4, -0.2) is 43.1 Å². The lowest BCUT2D eigenvalue weighted by atomic mass is 10.2. The topological polar surface area (TPSA) is 32.5 Å². The Morgan fingerprint density at radius 2 is 2.06 bits per heavy atom. The van der Waals surface area contributed by atoms with Gasteiger partial charge in [-0.05, 0) is 38.2 Å². The van der Waals surface area contributed by atoms with Gasteiger partial charge in [-0.25, -0.2) is 0 Å². The summed E-state index contributed by atoms with van der Waals surface area (Å²) in [6.45, 7) is 4.24. The number of hydrogen-bond donors (Lipinski definition) is 1. The molecule has 0 radical (unpaired) electrons. The maximum Gasteiger partial charge on any atom is 0.104 e. The first kappa shape index (κ1) is 13.6. The number of rotatable bonds is 2. The smallest absolute Gasteiger partial charge is 0.104 e. The molecule has 0 unspecified atom stereocenters. The summed E-state index contributed by atoms with van der Waals surface area (Å²) < 4.78 is 0. The first-order valence-electron chi connectivity index (χ1n) is 6.11. The van der Waals surface area contributed by atoms with Gasteiger partial charge >= 0.3 is 0 Å². The van der Waals surface area contributed by atoms with Crippen LogP contribution in [0.25, 0.3) is 0 Å². The van der Waals surface area contributed by atoms with E-state index in [1.807, 2.05) is 18.2 Å². The second kappa shape index (κ2) is 5.87. The minimum absolute atomic E-state index is 0.388. The average molecular weight is 284 g/mol. The van der Waals surface area contributed by atoms with Crippen molar-refractivity contribution in [3.8, 4) is 0 Å². The molecule has 0 spiro atoms. The number of nitrogens with zero attached hydrogens (tertiary/aromatic N) is 2. The van der Waals surface area contributed by atoms with Crippen LogP contribution in [-0.2, 0) is 0 Å². The summed E-state index contributed by atoms with van der Waals surface area (Å²) in [4.78, 5) is 5.06. The van der Waals surface area contributed by atoms with Crippen molar-refractivity contribution < 1.29 is 0 Å². The number of halogens is 1. The normalized spacial score (nSPS) is 17.6. The zero-order chi connectivity index (χ0) is 13.1. The highest BCUT2D eigenvalue weighted by Gasteiger charge is 2.15. The molecule has 0 atom stereocenters. The molecule has 0 saturated carbocycles. The average Bonchev–Trinajstić information content (AvgIpc) is 2.54. The summed E-state index contributed by atoms with van der Waals surface area (Å²) in [6, 6.07) is 5.81. The molecule has 1 heterocycles. The number of likely N-dealkylation sites (N-methyl/N-ethyl adjacent to an activating group) is 1. The van der Waals surface area contributed by atoms with Gasteiger partial charge in [0.25, 0.3) is 0 Å². The Labute approximate surface area is 119 Å². The van der Waals surface area contributed by atoms with Crippen molar-refractivity contribution in [2.24, 2.45) is 5.73 Å². The number of anilines is 1. The third kappa shape index (κ3) is 3.13. The van der Waals surface area contributed by atoms with Crippen LogP contribution in [0.15, 0.2) is 18.2 Å². The maximum atomic E-state index is 6.33. The second-order valence-electron chi connectivity index (χ2n) is 4.67. The summed E-state index contributed by atoms with van der Waals surface area (Å²) >= 11 is 11.3. The molecule has 0 aliphatic carbocycles. The molecule has 0 bridgehead atoms. The highest BCUT2D eigenvalue weighted by Crippen LogP contribution is 2.27. The molecule has 98 valence electrons. The Morgan fingerprint density at radius 1 is 1.28 bits per heavy atom.